The summed E-state index contributed by atoms with van der Waals surface area (Å²) < 4.78 is 47.5. The zero-order valence-corrected chi connectivity index (χ0v) is 22.3. The average molecular weight is 551 g/mol. The summed E-state index contributed by atoms with van der Waals surface area (Å²) in [5.74, 6) is -0.867. The van der Waals surface area contributed by atoms with Crippen LogP contribution in [0, 0.1) is 19.7 Å². The fraction of sp³-hybridized carbons (Fsp3) is 0.286. The van der Waals surface area contributed by atoms with Crippen LogP contribution in [-0.2, 0) is 26.0 Å². The summed E-state index contributed by atoms with van der Waals surface area (Å²) >= 11 is 0. The molecule has 4 heterocycles. The van der Waals surface area contributed by atoms with E-state index in [1.54, 1.807) is 17.0 Å². The van der Waals surface area contributed by atoms with E-state index in [0.29, 0.717) is 83.3 Å². The van der Waals surface area contributed by atoms with E-state index in [4.69, 9.17) is 4.74 Å². The molecule has 39 heavy (non-hydrogen) atoms. The number of aryl methyl sites for hydroxylation is 1. The molecule has 1 fully saturated rings. The molecule has 202 valence electrons. The molecule has 0 aliphatic carbocycles. The number of morpholine rings is 1. The second-order valence-electron chi connectivity index (χ2n) is 9.89. The highest BCUT2D eigenvalue weighted by Gasteiger charge is 2.34. The first-order valence-electron chi connectivity index (χ1n) is 12.7. The van der Waals surface area contributed by atoms with Gasteiger partial charge in [-0.1, -0.05) is 0 Å². The summed E-state index contributed by atoms with van der Waals surface area (Å²) in [6, 6.07) is 8.60. The lowest BCUT2D eigenvalue weighted by molar-refractivity contribution is -0.110. The van der Waals surface area contributed by atoms with Crippen molar-refractivity contribution in [3.63, 3.8) is 0 Å². The SMILES string of the molecule is Cc1[nH]c(C=C2C(=O)Nc3ccc(S(=O)(=O)N4CCc5cc(F)ccc54)cc32)c(C)c1C(=O)N1CCOCC1. The van der Waals surface area contributed by atoms with Crippen molar-refractivity contribution in [1.82, 2.24) is 9.88 Å². The number of hydrogen-bond donors (Lipinski definition) is 2. The Labute approximate surface area is 225 Å². The minimum Gasteiger partial charge on any atom is -0.378 e. The van der Waals surface area contributed by atoms with Crippen LogP contribution in [0.3, 0.4) is 0 Å². The van der Waals surface area contributed by atoms with Crippen molar-refractivity contribution in [2.75, 3.05) is 42.5 Å². The van der Waals surface area contributed by atoms with Gasteiger partial charge in [0, 0.05) is 42.3 Å². The molecule has 2 amide bonds. The second-order valence-corrected chi connectivity index (χ2v) is 11.8. The van der Waals surface area contributed by atoms with Gasteiger partial charge in [0.2, 0.25) is 0 Å². The number of anilines is 2. The van der Waals surface area contributed by atoms with E-state index in [9.17, 15) is 22.4 Å². The maximum Gasteiger partial charge on any atom is 0.264 e. The van der Waals surface area contributed by atoms with E-state index >= 15 is 0 Å². The lowest BCUT2D eigenvalue weighted by atomic mass is 10.0. The van der Waals surface area contributed by atoms with Gasteiger partial charge in [0.25, 0.3) is 21.8 Å². The van der Waals surface area contributed by atoms with Crippen molar-refractivity contribution in [2.24, 2.45) is 0 Å². The Kier molecular flexibility index (Phi) is 6.07. The van der Waals surface area contributed by atoms with Crippen molar-refractivity contribution >= 4 is 44.9 Å². The lowest BCUT2D eigenvalue weighted by Crippen LogP contribution is -2.41. The molecule has 0 unspecified atom stereocenters. The normalized spacial score (nSPS) is 17.9. The molecule has 9 nitrogen and oxygen atoms in total. The molecule has 0 saturated carbocycles. The molecule has 6 rings (SSSR count). The third kappa shape index (κ3) is 4.22. The molecule has 0 bridgehead atoms. The van der Waals surface area contributed by atoms with Crippen LogP contribution in [0.15, 0.2) is 41.3 Å². The largest absolute Gasteiger partial charge is 0.378 e. The lowest BCUT2D eigenvalue weighted by Gasteiger charge is -2.27. The van der Waals surface area contributed by atoms with Crippen LogP contribution in [0.5, 0.6) is 0 Å². The maximum atomic E-state index is 13.7. The van der Waals surface area contributed by atoms with Gasteiger partial charge in [-0.2, -0.15) is 0 Å². The minimum atomic E-state index is -3.96. The number of aromatic nitrogens is 1. The number of H-pyrrole nitrogens is 1. The summed E-state index contributed by atoms with van der Waals surface area (Å²) in [7, 11) is -3.96. The quantitative estimate of drug-likeness (QED) is 0.483. The molecule has 2 aromatic carbocycles. The molecule has 1 saturated heterocycles. The van der Waals surface area contributed by atoms with Gasteiger partial charge in [0.1, 0.15) is 5.82 Å². The molecule has 0 radical (unpaired) electrons. The van der Waals surface area contributed by atoms with Gasteiger partial charge in [-0.25, -0.2) is 12.8 Å². The van der Waals surface area contributed by atoms with Gasteiger partial charge in [-0.15, -0.1) is 0 Å². The summed E-state index contributed by atoms with van der Waals surface area (Å²) in [5, 5.41) is 2.79. The van der Waals surface area contributed by atoms with Gasteiger partial charge in [0.15, 0.2) is 0 Å². The van der Waals surface area contributed by atoms with E-state index in [0.717, 1.165) is 0 Å². The van der Waals surface area contributed by atoms with Gasteiger partial charge in [-0.05, 0) is 73.9 Å². The van der Waals surface area contributed by atoms with Gasteiger partial charge >= 0.3 is 0 Å². The standard InChI is InChI=1S/C28H27FN4O5S/c1-16-24(30-17(2)26(16)28(35)32-9-11-38-12-10-32)15-22-21-14-20(4-5-23(21)31-27(22)34)39(36,37)33-8-7-18-13-19(29)3-6-25(18)33/h3-6,13-15,30H,7-12H2,1-2H3,(H,31,34). The van der Waals surface area contributed by atoms with Crippen LogP contribution in [0.25, 0.3) is 11.6 Å². The second kappa shape index (κ2) is 9.35. The third-order valence-electron chi connectivity index (χ3n) is 7.53. The first kappa shape index (κ1) is 25.3. The molecule has 3 aromatic rings. The molecule has 3 aliphatic rings. The van der Waals surface area contributed by atoms with Crippen LogP contribution < -0.4 is 9.62 Å². The minimum absolute atomic E-state index is 0.0309. The fourth-order valence-corrected chi connectivity index (χ4v) is 7.03. The summed E-state index contributed by atoms with van der Waals surface area (Å²) in [5.41, 5.74) is 4.90. The van der Waals surface area contributed by atoms with Crippen LogP contribution in [0.2, 0.25) is 0 Å². The highest BCUT2D eigenvalue weighted by Crippen LogP contribution is 2.38. The van der Waals surface area contributed by atoms with Crippen molar-refractivity contribution in [3.8, 4) is 0 Å². The number of carbonyl (C=O) groups is 2. The first-order valence-corrected chi connectivity index (χ1v) is 14.1. The number of rotatable bonds is 4. The number of fused-ring (bicyclic) bond motifs is 2. The Balaban J connectivity index is 1.36. The van der Waals surface area contributed by atoms with E-state index < -0.39 is 15.8 Å². The molecule has 3 aliphatic heterocycles. The van der Waals surface area contributed by atoms with Crippen molar-refractivity contribution in [1.29, 1.82) is 0 Å². The number of hydrogen-bond acceptors (Lipinski definition) is 5. The number of ether oxygens (including phenoxy) is 1. The van der Waals surface area contributed by atoms with Crippen molar-refractivity contribution < 1.29 is 27.1 Å². The molecular formula is C28H27FN4O5S. The van der Waals surface area contributed by atoms with Gasteiger partial charge in [-0.3, -0.25) is 13.9 Å². The Morgan fingerprint density at radius 3 is 2.62 bits per heavy atom. The number of nitrogens with zero attached hydrogens (tertiary/aromatic N) is 2. The third-order valence-corrected chi connectivity index (χ3v) is 9.34. The highest BCUT2D eigenvalue weighted by molar-refractivity contribution is 7.92. The molecule has 2 N–H and O–H groups in total. The maximum absolute atomic E-state index is 13.7. The summed E-state index contributed by atoms with van der Waals surface area (Å²) in [6.45, 7) is 5.87. The molecule has 0 atom stereocenters. The van der Waals surface area contributed by atoms with Crippen LogP contribution >= 0.6 is 0 Å². The number of halogens is 1. The highest BCUT2D eigenvalue weighted by atomic mass is 32.2. The number of benzene rings is 2. The predicted molar refractivity (Wildman–Crippen MR) is 145 cm³/mol. The van der Waals surface area contributed by atoms with E-state index in [1.807, 2.05) is 13.8 Å². The smallest absolute Gasteiger partial charge is 0.264 e. The summed E-state index contributed by atoms with van der Waals surface area (Å²) in [4.78, 5) is 31.2. The Morgan fingerprint density at radius 2 is 1.85 bits per heavy atom. The number of carbonyl (C=O) groups excluding carboxylic acids is 2. The Hall–Kier alpha value is -3.96. The van der Waals surface area contributed by atoms with E-state index in [2.05, 4.69) is 10.3 Å². The molecular weight excluding hydrogens is 523 g/mol. The summed E-state index contributed by atoms with van der Waals surface area (Å²) in [6.07, 6.45) is 2.07. The zero-order chi connectivity index (χ0) is 27.5. The Morgan fingerprint density at radius 1 is 1.08 bits per heavy atom. The number of aromatic amines is 1. The number of amides is 2. The zero-order valence-electron chi connectivity index (χ0n) is 21.5. The number of nitrogens with one attached hydrogen (secondary N) is 2. The van der Waals surface area contributed by atoms with Crippen LogP contribution in [0.4, 0.5) is 15.8 Å². The van der Waals surface area contributed by atoms with E-state index in [1.165, 1.54) is 34.6 Å². The fourth-order valence-electron chi connectivity index (χ4n) is 5.50. The predicted octanol–water partition coefficient (Wildman–Crippen LogP) is 3.49. The van der Waals surface area contributed by atoms with Gasteiger partial charge < -0.3 is 19.9 Å². The first-order chi connectivity index (χ1) is 18.6. The number of sulfonamides is 1. The monoisotopic (exact) mass is 550 g/mol. The van der Waals surface area contributed by atoms with Crippen molar-refractivity contribution in [3.05, 3.63) is 75.9 Å². The van der Waals surface area contributed by atoms with Crippen LogP contribution in [0.1, 0.15) is 38.4 Å². The molecule has 1 aromatic heterocycles. The van der Waals surface area contributed by atoms with E-state index in [-0.39, 0.29) is 23.3 Å². The Bertz CT molecular complexity index is 1670. The topological polar surface area (TPSA) is 112 Å². The van der Waals surface area contributed by atoms with Gasteiger partial charge in [0.05, 0.1) is 34.9 Å². The van der Waals surface area contributed by atoms with Crippen LogP contribution in [-0.4, -0.2) is 63.0 Å². The van der Waals surface area contributed by atoms with Crippen molar-refractivity contribution in [2.45, 2.75) is 25.2 Å². The molecule has 0 spiro atoms. The molecule has 11 heteroatoms. The average Bonchev–Trinajstić information content (AvgIpc) is 3.57.